The fourth-order valence-corrected chi connectivity index (χ4v) is 4.72. The van der Waals surface area contributed by atoms with E-state index in [-0.39, 0.29) is 17.5 Å². The summed E-state index contributed by atoms with van der Waals surface area (Å²) in [5.41, 5.74) is 0.411. The molecule has 1 aromatic rings. The van der Waals surface area contributed by atoms with Crippen LogP contribution in [0.15, 0.2) is 18.2 Å². The lowest BCUT2D eigenvalue weighted by Gasteiger charge is -2.37. The van der Waals surface area contributed by atoms with Crippen LogP contribution in [0.25, 0.3) is 0 Å². The molecule has 1 unspecified atom stereocenters. The zero-order chi connectivity index (χ0) is 13.6. The lowest BCUT2D eigenvalue weighted by Crippen LogP contribution is -2.54. The van der Waals surface area contributed by atoms with Gasteiger partial charge in [-0.3, -0.25) is 0 Å². The van der Waals surface area contributed by atoms with Crippen molar-refractivity contribution in [3.63, 3.8) is 0 Å². The Balaban J connectivity index is 2.35. The van der Waals surface area contributed by atoms with Crippen molar-refractivity contribution in [2.24, 2.45) is 0 Å². The molecule has 2 rings (SSSR count). The van der Waals surface area contributed by atoms with E-state index in [0.29, 0.717) is 10.0 Å². The molecule has 1 atom stereocenters. The van der Waals surface area contributed by atoms with Crippen LogP contribution in [0.5, 0.6) is 0 Å². The highest BCUT2D eigenvalue weighted by atomic mass is 35.5. The van der Waals surface area contributed by atoms with E-state index >= 15 is 0 Å². The molecule has 0 radical (unpaired) electrons. The number of sulfone groups is 1. The Labute approximate surface area is 117 Å². The summed E-state index contributed by atoms with van der Waals surface area (Å²) in [4.78, 5) is 0. The smallest absolute Gasteiger partial charge is 0.153 e. The van der Waals surface area contributed by atoms with Gasteiger partial charge in [-0.2, -0.15) is 0 Å². The summed E-state index contributed by atoms with van der Waals surface area (Å²) in [5.74, 6) is 0.242. The Morgan fingerprint density at radius 3 is 2.50 bits per heavy atom. The minimum atomic E-state index is -3.05. The van der Waals surface area contributed by atoms with E-state index in [1.165, 1.54) is 0 Å². The Bertz CT molecular complexity index is 569. The SMILES string of the molecule is CC1(C)CS(=O)(=O)CC(c2ccc(Cl)c(Cl)c2)N1. The Morgan fingerprint density at radius 2 is 1.94 bits per heavy atom. The van der Waals surface area contributed by atoms with Crippen molar-refractivity contribution in [3.05, 3.63) is 33.8 Å². The van der Waals surface area contributed by atoms with E-state index in [9.17, 15) is 8.42 Å². The Kier molecular flexibility index (Phi) is 3.67. The predicted octanol–water partition coefficient (Wildman–Crippen LogP) is 2.83. The molecule has 1 aromatic carbocycles. The van der Waals surface area contributed by atoms with Gasteiger partial charge in [0.25, 0.3) is 0 Å². The van der Waals surface area contributed by atoms with Crippen LogP contribution in [0.4, 0.5) is 0 Å². The topological polar surface area (TPSA) is 46.2 Å². The van der Waals surface area contributed by atoms with Crippen LogP contribution in [0.1, 0.15) is 25.5 Å². The molecule has 0 bridgehead atoms. The van der Waals surface area contributed by atoms with Crippen LogP contribution in [-0.4, -0.2) is 25.5 Å². The molecule has 1 saturated heterocycles. The highest BCUT2D eigenvalue weighted by Crippen LogP contribution is 2.30. The third kappa shape index (κ3) is 3.18. The van der Waals surface area contributed by atoms with Crippen molar-refractivity contribution in [2.75, 3.05) is 11.5 Å². The van der Waals surface area contributed by atoms with Crippen molar-refractivity contribution in [2.45, 2.75) is 25.4 Å². The maximum atomic E-state index is 11.9. The average molecular weight is 308 g/mol. The summed E-state index contributed by atoms with van der Waals surface area (Å²) in [6.45, 7) is 3.77. The zero-order valence-corrected chi connectivity index (χ0v) is 12.5. The predicted molar refractivity (Wildman–Crippen MR) is 75.1 cm³/mol. The van der Waals surface area contributed by atoms with Gasteiger partial charge in [0.2, 0.25) is 0 Å². The van der Waals surface area contributed by atoms with Crippen molar-refractivity contribution >= 4 is 33.0 Å². The number of benzene rings is 1. The van der Waals surface area contributed by atoms with Gasteiger partial charge in [-0.05, 0) is 31.5 Å². The number of nitrogens with one attached hydrogen (secondary N) is 1. The molecule has 3 nitrogen and oxygen atoms in total. The van der Waals surface area contributed by atoms with Gasteiger partial charge in [-0.25, -0.2) is 8.42 Å². The number of halogens is 2. The van der Waals surface area contributed by atoms with Crippen LogP contribution in [0.3, 0.4) is 0 Å². The molecule has 6 heteroatoms. The van der Waals surface area contributed by atoms with Gasteiger partial charge < -0.3 is 5.32 Å². The van der Waals surface area contributed by atoms with Crippen LogP contribution in [0, 0.1) is 0 Å². The molecule has 0 amide bonds. The minimum absolute atomic E-state index is 0.0917. The summed E-state index contributed by atoms with van der Waals surface area (Å²) in [5, 5.41) is 4.24. The molecule has 1 aliphatic heterocycles. The highest BCUT2D eigenvalue weighted by Gasteiger charge is 2.36. The molecule has 1 N–H and O–H groups in total. The summed E-state index contributed by atoms with van der Waals surface area (Å²) >= 11 is 11.8. The summed E-state index contributed by atoms with van der Waals surface area (Å²) in [6, 6.07) is 4.98. The quantitative estimate of drug-likeness (QED) is 0.868. The van der Waals surface area contributed by atoms with Crippen LogP contribution >= 0.6 is 23.2 Å². The molecule has 0 aliphatic carbocycles. The van der Waals surface area contributed by atoms with Gasteiger partial charge >= 0.3 is 0 Å². The number of rotatable bonds is 1. The molecule has 0 saturated carbocycles. The van der Waals surface area contributed by atoms with Crippen LogP contribution in [-0.2, 0) is 9.84 Å². The first-order valence-corrected chi connectivity index (χ1v) is 8.19. The monoisotopic (exact) mass is 307 g/mol. The summed E-state index contributed by atoms with van der Waals surface area (Å²) in [7, 11) is -3.05. The maximum Gasteiger partial charge on any atom is 0.153 e. The Hall–Kier alpha value is -0.290. The molecule has 1 aliphatic rings. The molecule has 1 heterocycles. The highest BCUT2D eigenvalue weighted by molar-refractivity contribution is 7.91. The van der Waals surface area contributed by atoms with E-state index < -0.39 is 15.4 Å². The number of hydrogen-bond donors (Lipinski definition) is 1. The largest absolute Gasteiger partial charge is 0.303 e. The standard InChI is InChI=1S/C12H15Cl2NO2S/c1-12(2)7-18(16,17)6-11(15-12)8-3-4-9(13)10(14)5-8/h3-5,11,15H,6-7H2,1-2H3. The third-order valence-electron chi connectivity index (χ3n) is 2.91. The van der Waals surface area contributed by atoms with Gasteiger partial charge in [-0.1, -0.05) is 29.3 Å². The van der Waals surface area contributed by atoms with Gasteiger partial charge in [0.15, 0.2) is 9.84 Å². The molecule has 18 heavy (non-hydrogen) atoms. The minimum Gasteiger partial charge on any atom is -0.303 e. The maximum absolute atomic E-state index is 11.9. The molecular weight excluding hydrogens is 293 g/mol. The average Bonchev–Trinajstić information content (AvgIpc) is 2.17. The first kappa shape index (κ1) is 14.1. The van der Waals surface area contributed by atoms with Crippen molar-refractivity contribution in [3.8, 4) is 0 Å². The second-order valence-corrected chi connectivity index (χ2v) is 8.23. The van der Waals surface area contributed by atoms with Gasteiger partial charge in [0.05, 0.1) is 21.6 Å². The van der Waals surface area contributed by atoms with Crippen LogP contribution < -0.4 is 5.32 Å². The molecular formula is C12H15Cl2NO2S. The van der Waals surface area contributed by atoms with Crippen molar-refractivity contribution in [1.29, 1.82) is 0 Å². The van der Waals surface area contributed by atoms with E-state index in [0.717, 1.165) is 5.56 Å². The summed E-state index contributed by atoms with van der Waals surface area (Å²) in [6.07, 6.45) is 0. The van der Waals surface area contributed by atoms with E-state index in [4.69, 9.17) is 23.2 Å². The molecule has 0 aromatic heterocycles. The second kappa shape index (κ2) is 4.67. The van der Waals surface area contributed by atoms with Gasteiger partial charge in [0.1, 0.15) is 0 Å². The first-order valence-electron chi connectivity index (χ1n) is 5.62. The van der Waals surface area contributed by atoms with Crippen molar-refractivity contribution < 1.29 is 8.42 Å². The molecule has 100 valence electrons. The number of hydrogen-bond acceptors (Lipinski definition) is 3. The lowest BCUT2D eigenvalue weighted by molar-refractivity contribution is 0.360. The van der Waals surface area contributed by atoms with Gasteiger partial charge in [0, 0.05) is 11.6 Å². The van der Waals surface area contributed by atoms with Gasteiger partial charge in [-0.15, -0.1) is 0 Å². The summed E-state index contributed by atoms with van der Waals surface area (Å²) < 4.78 is 23.8. The Morgan fingerprint density at radius 1 is 1.28 bits per heavy atom. The fraction of sp³-hybridized carbons (Fsp3) is 0.500. The third-order valence-corrected chi connectivity index (χ3v) is 5.65. The zero-order valence-electron chi connectivity index (χ0n) is 10.2. The lowest BCUT2D eigenvalue weighted by atomic mass is 10.0. The normalized spacial score (nSPS) is 25.9. The van der Waals surface area contributed by atoms with E-state index in [1.54, 1.807) is 12.1 Å². The van der Waals surface area contributed by atoms with Crippen molar-refractivity contribution in [1.82, 2.24) is 5.32 Å². The van der Waals surface area contributed by atoms with Crippen LogP contribution in [0.2, 0.25) is 10.0 Å². The molecule has 0 spiro atoms. The first-order chi connectivity index (χ1) is 8.19. The fourth-order valence-electron chi connectivity index (χ4n) is 2.33. The van der Waals surface area contributed by atoms with E-state index in [1.807, 2.05) is 19.9 Å². The van der Waals surface area contributed by atoms with E-state index in [2.05, 4.69) is 5.32 Å². The second-order valence-electron chi connectivity index (χ2n) is 5.31. The molecule has 1 fully saturated rings.